The second-order valence-corrected chi connectivity index (χ2v) is 5.16. The molecule has 0 radical (unpaired) electrons. The van der Waals surface area contributed by atoms with Crippen molar-refractivity contribution in [3.8, 4) is 0 Å². The second-order valence-electron chi connectivity index (χ2n) is 5.16. The molecule has 0 aromatic heterocycles. The third-order valence-electron chi connectivity index (χ3n) is 3.52. The van der Waals surface area contributed by atoms with Gasteiger partial charge < -0.3 is 10.6 Å². The molecule has 3 nitrogen and oxygen atoms in total. The molecular formula is C14H21ClN2O. The number of nitrogens with two attached hydrogens (primary N) is 1. The zero-order chi connectivity index (χ0) is 12.5. The van der Waals surface area contributed by atoms with Gasteiger partial charge in [-0.15, -0.1) is 12.4 Å². The van der Waals surface area contributed by atoms with Gasteiger partial charge in [0.05, 0.1) is 5.54 Å². The van der Waals surface area contributed by atoms with Gasteiger partial charge in [0.2, 0.25) is 5.91 Å². The summed E-state index contributed by atoms with van der Waals surface area (Å²) in [5, 5.41) is 0. The summed E-state index contributed by atoms with van der Waals surface area (Å²) in [5.74, 6) is 0.0743. The van der Waals surface area contributed by atoms with E-state index in [1.54, 1.807) is 4.90 Å². The van der Waals surface area contributed by atoms with Gasteiger partial charge in [-0.3, -0.25) is 4.79 Å². The van der Waals surface area contributed by atoms with Gasteiger partial charge in [0.1, 0.15) is 0 Å². The Morgan fingerprint density at radius 2 is 2.11 bits per heavy atom. The minimum atomic E-state index is -0.585. The highest BCUT2D eigenvalue weighted by molar-refractivity contribution is 5.86. The molecule has 1 amide bonds. The number of aryl methyl sites for hydroxylation is 1. The topological polar surface area (TPSA) is 46.3 Å². The Kier molecular flexibility index (Phi) is 4.77. The summed E-state index contributed by atoms with van der Waals surface area (Å²) >= 11 is 0. The van der Waals surface area contributed by atoms with Gasteiger partial charge in [0, 0.05) is 13.6 Å². The number of carbonyl (C=O) groups excluding carboxylic acids is 1. The molecule has 18 heavy (non-hydrogen) atoms. The first kappa shape index (κ1) is 15.0. The van der Waals surface area contributed by atoms with E-state index in [4.69, 9.17) is 5.73 Å². The van der Waals surface area contributed by atoms with Crippen LogP contribution in [0.15, 0.2) is 24.3 Å². The van der Waals surface area contributed by atoms with Crippen molar-refractivity contribution in [2.45, 2.75) is 38.3 Å². The van der Waals surface area contributed by atoms with Gasteiger partial charge >= 0.3 is 0 Å². The molecule has 1 aromatic rings. The van der Waals surface area contributed by atoms with Crippen LogP contribution in [0.2, 0.25) is 0 Å². The molecule has 0 heterocycles. The van der Waals surface area contributed by atoms with E-state index in [9.17, 15) is 4.79 Å². The van der Waals surface area contributed by atoms with Crippen molar-refractivity contribution in [2.75, 3.05) is 7.05 Å². The Bertz CT molecular complexity index is 430. The van der Waals surface area contributed by atoms with Crippen molar-refractivity contribution in [3.63, 3.8) is 0 Å². The summed E-state index contributed by atoms with van der Waals surface area (Å²) in [6.45, 7) is 2.70. The van der Waals surface area contributed by atoms with E-state index in [0.717, 1.165) is 24.8 Å². The maximum absolute atomic E-state index is 12.1. The molecule has 1 aromatic carbocycles. The fourth-order valence-electron chi connectivity index (χ4n) is 2.31. The average molecular weight is 269 g/mol. The predicted octanol–water partition coefficient (Wildman–Crippen LogP) is 2.26. The lowest BCUT2D eigenvalue weighted by Gasteiger charge is -2.39. The molecular weight excluding hydrogens is 248 g/mol. The largest absolute Gasteiger partial charge is 0.340 e. The first-order valence-corrected chi connectivity index (χ1v) is 6.11. The van der Waals surface area contributed by atoms with Gasteiger partial charge in [-0.05, 0) is 31.7 Å². The third kappa shape index (κ3) is 3.03. The molecule has 1 aliphatic carbocycles. The van der Waals surface area contributed by atoms with E-state index in [1.807, 2.05) is 19.2 Å². The van der Waals surface area contributed by atoms with Gasteiger partial charge in [-0.1, -0.05) is 29.8 Å². The number of carbonyl (C=O) groups is 1. The van der Waals surface area contributed by atoms with Crippen molar-refractivity contribution in [1.29, 1.82) is 0 Å². The van der Waals surface area contributed by atoms with E-state index in [0.29, 0.717) is 6.54 Å². The van der Waals surface area contributed by atoms with Crippen LogP contribution >= 0.6 is 12.4 Å². The van der Waals surface area contributed by atoms with Crippen LogP contribution in [0.25, 0.3) is 0 Å². The van der Waals surface area contributed by atoms with Gasteiger partial charge in [-0.2, -0.15) is 0 Å². The molecule has 0 saturated heterocycles. The van der Waals surface area contributed by atoms with E-state index in [2.05, 4.69) is 19.1 Å². The van der Waals surface area contributed by atoms with E-state index < -0.39 is 5.54 Å². The van der Waals surface area contributed by atoms with Crippen LogP contribution in [0.5, 0.6) is 0 Å². The minimum absolute atomic E-state index is 0. The number of nitrogens with zero attached hydrogens (tertiary/aromatic N) is 1. The third-order valence-corrected chi connectivity index (χ3v) is 3.52. The maximum Gasteiger partial charge on any atom is 0.242 e. The molecule has 1 aliphatic rings. The summed E-state index contributed by atoms with van der Waals surface area (Å²) in [5.41, 5.74) is 7.83. The van der Waals surface area contributed by atoms with Gasteiger partial charge in [-0.25, -0.2) is 0 Å². The molecule has 0 bridgehead atoms. The molecule has 0 spiro atoms. The van der Waals surface area contributed by atoms with Crippen LogP contribution in [0.4, 0.5) is 0 Å². The lowest BCUT2D eigenvalue weighted by atomic mass is 9.76. The molecule has 0 unspecified atom stereocenters. The molecule has 1 saturated carbocycles. The summed E-state index contributed by atoms with van der Waals surface area (Å²) in [6.07, 6.45) is 2.72. The molecule has 2 N–H and O–H groups in total. The number of likely N-dealkylation sites (N-methyl/N-ethyl adjacent to an activating group) is 1. The molecule has 1 fully saturated rings. The van der Waals surface area contributed by atoms with E-state index in [1.165, 1.54) is 5.56 Å². The fourth-order valence-corrected chi connectivity index (χ4v) is 2.31. The first-order chi connectivity index (χ1) is 8.01. The van der Waals surface area contributed by atoms with Gasteiger partial charge in [0.25, 0.3) is 0 Å². The van der Waals surface area contributed by atoms with Gasteiger partial charge in [0.15, 0.2) is 0 Å². The van der Waals surface area contributed by atoms with E-state index >= 15 is 0 Å². The lowest BCUT2D eigenvalue weighted by Crippen LogP contribution is -2.58. The highest BCUT2D eigenvalue weighted by atomic mass is 35.5. The van der Waals surface area contributed by atoms with Crippen LogP contribution < -0.4 is 5.73 Å². The maximum atomic E-state index is 12.1. The Hall–Kier alpha value is -1.06. The normalized spacial score (nSPS) is 16.4. The first-order valence-electron chi connectivity index (χ1n) is 6.11. The molecule has 0 aliphatic heterocycles. The monoisotopic (exact) mass is 268 g/mol. The van der Waals surface area contributed by atoms with Crippen molar-refractivity contribution in [3.05, 3.63) is 35.4 Å². The zero-order valence-electron chi connectivity index (χ0n) is 11.0. The number of rotatable bonds is 3. The van der Waals surface area contributed by atoms with Crippen LogP contribution in [0, 0.1) is 6.92 Å². The van der Waals surface area contributed by atoms with Crippen LogP contribution in [0.3, 0.4) is 0 Å². The number of halogens is 1. The van der Waals surface area contributed by atoms with Crippen LogP contribution in [-0.2, 0) is 11.3 Å². The Morgan fingerprint density at radius 3 is 2.61 bits per heavy atom. The number of benzene rings is 1. The standard InChI is InChI=1S/C14H20N2O.ClH/c1-11-5-3-6-12(9-11)10-16(2)13(17)14(15)7-4-8-14;/h3,5-6,9H,4,7-8,10,15H2,1-2H3;1H. The van der Waals surface area contributed by atoms with Crippen molar-refractivity contribution >= 4 is 18.3 Å². The summed E-state index contributed by atoms with van der Waals surface area (Å²) in [6, 6.07) is 8.22. The Morgan fingerprint density at radius 1 is 1.44 bits per heavy atom. The average Bonchev–Trinajstić information content (AvgIpc) is 2.25. The molecule has 0 atom stereocenters. The fraction of sp³-hybridized carbons (Fsp3) is 0.500. The van der Waals surface area contributed by atoms with Crippen LogP contribution in [0.1, 0.15) is 30.4 Å². The summed E-state index contributed by atoms with van der Waals surface area (Å²) in [4.78, 5) is 13.9. The van der Waals surface area contributed by atoms with Crippen molar-refractivity contribution in [1.82, 2.24) is 4.90 Å². The molecule has 4 heteroatoms. The minimum Gasteiger partial charge on any atom is -0.340 e. The number of hydrogen-bond donors (Lipinski definition) is 1. The van der Waals surface area contributed by atoms with Crippen LogP contribution in [-0.4, -0.2) is 23.4 Å². The number of amides is 1. The predicted molar refractivity (Wildman–Crippen MR) is 75.7 cm³/mol. The smallest absolute Gasteiger partial charge is 0.242 e. The molecule has 100 valence electrons. The van der Waals surface area contributed by atoms with Crippen molar-refractivity contribution in [2.24, 2.45) is 5.73 Å². The lowest BCUT2D eigenvalue weighted by molar-refractivity contribution is -0.139. The highest BCUT2D eigenvalue weighted by Gasteiger charge is 2.41. The highest BCUT2D eigenvalue weighted by Crippen LogP contribution is 2.30. The number of hydrogen-bond acceptors (Lipinski definition) is 2. The van der Waals surface area contributed by atoms with Crippen molar-refractivity contribution < 1.29 is 4.79 Å². The molecule has 2 rings (SSSR count). The summed E-state index contributed by atoms with van der Waals surface area (Å²) in [7, 11) is 1.83. The zero-order valence-corrected chi connectivity index (χ0v) is 11.8. The van der Waals surface area contributed by atoms with E-state index in [-0.39, 0.29) is 18.3 Å². The Labute approximate surface area is 115 Å². The Balaban J connectivity index is 0.00000162. The quantitative estimate of drug-likeness (QED) is 0.914. The second kappa shape index (κ2) is 5.72. The summed E-state index contributed by atoms with van der Waals surface area (Å²) < 4.78 is 0. The SMILES string of the molecule is Cc1cccc(CN(C)C(=O)C2(N)CCC2)c1.Cl.